The number of benzene rings is 1. The fourth-order valence-electron chi connectivity index (χ4n) is 4.05. The summed E-state index contributed by atoms with van der Waals surface area (Å²) in [5.41, 5.74) is 9.03. The van der Waals surface area contributed by atoms with Crippen LogP contribution in [0.15, 0.2) is 40.8 Å². The highest BCUT2D eigenvalue weighted by Crippen LogP contribution is 2.26. The Balaban J connectivity index is 0.00000240. The average molecular weight is 526 g/mol. The standard InChI is InChI=1S/C21H30N6S.HI/c1-17-4-6-18(7-5-17)19(25-9-2-3-10-25)16-24-20(22)26-11-13-27(14-12-26)21-23-8-15-28-21;/h4-8,15,19H,2-3,9-14,16H2,1H3,(H2,22,24);1H. The van der Waals surface area contributed by atoms with Gasteiger partial charge in [0.05, 0.1) is 12.6 Å². The molecular formula is C21H31IN6S. The summed E-state index contributed by atoms with van der Waals surface area (Å²) in [7, 11) is 0. The summed E-state index contributed by atoms with van der Waals surface area (Å²) in [4.78, 5) is 16.3. The van der Waals surface area contributed by atoms with E-state index in [1.165, 1.54) is 24.0 Å². The number of hydrogen-bond donors (Lipinski definition) is 1. The maximum Gasteiger partial charge on any atom is 0.191 e. The Bertz CT molecular complexity index is 765. The number of piperazine rings is 1. The highest BCUT2D eigenvalue weighted by Gasteiger charge is 2.24. The van der Waals surface area contributed by atoms with Crippen LogP contribution >= 0.6 is 35.3 Å². The van der Waals surface area contributed by atoms with Gasteiger partial charge in [-0.1, -0.05) is 29.8 Å². The molecule has 2 aliphatic rings. The number of halogens is 1. The fourth-order valence-corrected chi connectivity index (χ4v) is 4.75. The van der Waals surface area contributed by atoms with E-state index in [4.69, 9.17) is 10.7 Å². The molecule has 0 amide bonds. The first kappa shape index (κ1) is 22.3. The molecule has 158 valence electrons. The van der Waals surface area contributed by atoms with Gasteiger partial charge in [-0.15, -0.1) is 35.3 Å². The van der Waals surface area contributed by atoms with E-state index in [1.54, 1.807) is 11.3 Å². The molecule has 0 saturated carbocycles. The molecule has 2 N–H and O–H groups in total. The van der Waals surface area contributed by atoms with Crippen molar-refractivity contribution in [1.82, 2.24) is 14.8 Å². The van der Waals surface area contributed by atoms with Crippen molar-refractivity contribution in [3.8, 4) is 0 Å². The quantitative estimate of drug-likeness (QED) is 0.368. The number of aliphatic imine (C=N–C) groups is 1. The van der Waals surface area contributed by atoms with Crippen molar-refractivity contribution >= 4 is 46.4 Å². The van der Waals surface area contributed by atoms with Crippen LogP contribution in [0.3, 0.4) is 0 Å². The molecule has 29 heavy (non-hydrogen) atoms. The second-order valence-corrected chi connectivity index (χ2v) is 8.53. The van der Waals surface area contributed by atoms with Gasteiger partial charge in [-0.2, -0.15) is 0 Å². The van der Waals surface area contributed by atoms with Crippen LogP contribution in [-0.2, 0) is 0 Å². The molecule has 0 bridgehead atoms. The van der Waals surface area contributed by atoms with Gasteiger partial charge in [-0.25, -0.2) is 4.98 Å². The Morgan fingerprint density at radius 1 is 1.10 bits per heavy atom. The second kappa shape index (κ2) is 10.6. The lowest BCUT2D eigenvalue weighted by atomic mass is 10.0. The fraction of sp³-hybridized carbons (Fsp3) is 0.524. The number of likely N-dealkylation sites (tertiary alicyclic amines) is 1. The predicted molar refractivity (Wildman–Crippen MR) is 133 cm³/mol. The largest absolute Gasteiger partial charge is 0.370 e. The lowest BCUT2D eigenvalue weighted by molar-refractivity contribution is 0.251. The zero-order valence-corrected chi connectivity index (χ0v) is 20.2. The van der Waals surface area contributed by atoms with Crippen molar-refractivity contribution in [3.05, 3.63) is 47.0 Å². The van der Waals surface area contributed by atoms with Crippen molar-refractivity contribution in [2.45, 2.75) is 25.8 Å². The van der Waals surface area contributed by atoms with Gasteiger partial charge >= 0.3 is 0 Å². The first-order chi connectivity index (χ1) is 13.7. The van der Waals surface area contributed by atoms with Gasteiger partial charge in [0.15, 0.2) is 11.1 Å². The Kier molecular flexibility index (Phi) is 8.14. The van der Waals surface area contributed by atoms with Crippen LogP contribution in [0, 0.1) is 6.92 Å². The molecule has 2 fully saturated rings. The molecule has 4 rings (SSSR count). The minimum absolute atomic E-state index is 0. The molecule has 2 saturated heterocycles. The lowest BCUT2D eigenvalue weighted by Crippen LogP contribution is -2.51. The van der Waals surface area contributed by atoms with E-state index in [9.17, 15) is 0 Å². The van der Waals surface area contributed by atoms with Crippen LogP contribution in [0.25, 0.3) is 0 Å². The van der Waals surface area contributed by atoms with E-state index in [0.29, 0.717) is 12.0 Å². The summed E-state index contributed by atoms with van der Waals surface area (Å²) in [6, 6.07) is 9.21. The van der Waals surface area contributed by atoms with Gasteiger partial charge in [0, 0.05) is 37.8 Å². The Hall–Kier alpha value is -1.39. The molecule has 0 spiro atoms. The Morgan fingerprint density at radius 2 is 1.79 bits per heavy atom. The van der Waals surface area contributed by atoms with Crippen LogP contribution in [0.4, 0.5) is 5.13 Å². The van der Waals surface area contributed by atoms with Crippen molar-refractivity contribution in [3.63, 3.8) is 0 Å². The second-order valence-electron chi connectivity index (χ2n) is 7.66. The summed E-state index contributed by atoms with van der Waals surface area (Å²) >= 11 is 1.70. The molecule has 1 aromatic carbocycles. The normalized spacial score (nSPS) is 19.3. The highest BCUT2D eigenvalue weighted by atomic mass is 127. The van der Waals surface area contributed by atoms with Crippen LogP contribution in [0.5, 0.6) is 0 Å². The molecule has 2 aliphatic heterocycles. The summed E-state index contributed by atoms with van der Waals surface area (Å²) in [6.07, 6.45) is 4.42. The molecule has 1 aromatic heterocycles. The summed E-state index contributed by atoms with van der Waals surface area (Å²) in [5, 5.41) is 3.13. The van der Waals surface area contributed by atoms with Gasteiger partial charge in [-0.05, 0) is 38.4 Å². The summed E-state index contributed by atoms with van der Waals surface area (Å²) < 4.78 is 0. The third kappa shape index (κ3) is 5.61. The minimum Gasteiger partial charge on any atom is -0.370 e. The molecule has 6 nitrogen and oxygen atoms in total. The van der Waals surface area contributed by atoms with Crippen molar-refractivity contribution in [1.29, 1.82) is 0 Å². The molecule has 2 aromatic rings. The third-order valence-corrected chi connectivity index (χ3v) is 6.60. The molecular weight excluding hydrogens is 495 g/mol. The van der Waals surface area contributed by atoms with Crippen molar-refractivity contribution < 1.29 is 0 Å². The highest BCUT2D eigenvalue weighted by molar-refractivity contribution is 14.0. The number of rotatable bonds is 5. The first-order valence-electron chi connectivity index (χ1n) is 10.2. The molecule has 1 atom stereocenters. The monoisotopic (exact) mass is 526 g/mol. The van der Waals surface area contributed by atoms with E-state index in [0.717, 1.165) is 50.9 Å². The van der Waals surface area contributed by atoms with E-state index in [1.807, 2.05) is 11.6 Å². The van der Waals surface area contributed by atoms with Crippen molar-refractivity contribution in [2.75, 3.05) is 50.7 Å². The van der Waals surface area contributed by atoms with Gasteiger partial charge in [0.1, 0.15) is 0 Å². The van der Waals surface area contributed by atoms with Crippen LogP contribution in [0.2, 0.25) is 0 Å². The van der Waals surface area contributed by atoms with Gasteiger partial charge in [0.2, 0.25) is 0 Å². The van der Waals surface area contributed by atoms with E-state index in [2.05, 4.69) is 50.9 Å². The van der Waals surface area contributed by atoms with E-state index < -0.39 is 0 Å². The topological polar surface area (TPSA) is 61.0 Å². The minimum atomic E-state index is 0. The molecule has 3 heterocycles. The molecule has 0 radical (unpaired) electrons. The number of aromatic nitrogens is 1. The SMILES string of the molecule is Cc1ccc(C(CN=C(N)N2CCN(c3nccs3)CC2)N2CCCC2)cc1.I. The summed E-state index contributed by atoms with van der Waals surface area (Å²) in [5.74, 6) is 0.676. The van der Waals surface area contributed by atoms with E-state index in [-0.39, 0.29) is 24.0 Å². The smallest absolute Gasteiger partial charge is 0.191 e. The molecule has 0 aliphatic carbocycles. The number of hydrogen-bond acceptors (Lipinski definition) is 5. The van der Waals surface area contributed by atoms with Gasteiger partial charge < -0.3 is 15.5 Å². The maximum atomic E-state index is 6.39. The number of anilines is 1. The zero-order chi connectivity index (χ0) is 19.3. The summed E-state index contributed by atoms with van der Waals surface area (Å²) in [6.45, 7) is 8.84. The first-order valence-corrected chi connectivity index (χ1v) is 11.1. The molecule has 8 heteroatoms. The van der Waals surface area contributed by atoms with Gasteiger partial charge in [0.25, 0.3) is 0 Å². The third-order valence-electron chi connectivity index (χ3n) is 5.76. The average Bonchev–Trinajstić information content (AvgIpc) is 3.44. The Labute approximate surface area is 194 Å². The van der Waals surface area contributed by atoms with E-state index >= 15 is 0 Å². The van der Waals surface area contributed by atoms with Crippen LogP contribution < -0.4 is 10.6 Å². The van der Waals surface area contributed by atoms with Crippen molar-refractivity contribution in [2.24, 2.45) is 10.7 Å². The zero-order valence-electron chi connectivity index (χ0n) is 17.0. The number of nitrogens with zero attached hydrogens (tertiary/aromatic N) is 5. The maximum absolute atomic E-state index is 6.39. The predicted octanol–water partition coefficient (Wildman–Crippen LogP) is 3.34. The lowest BCUT2D eigenvalue weighted by Gasteiger charge is -2.35. The number of thiazole rings is 1. The Morgan fingerprint density at radius 3 is 2.41 bits per heavy atom. The van der Waals surface area contributed by atoms with Crippen LogP contribution in [-0.4, -0.2) is 66.6 Å². The molecule has 1 unspecified atom stereocenters. The number of aryl methyl sites for hydroxylation is 1. The number of nitrogens with two attached hydrogens (primary N) is 1. The van der Waals surface area contributed by atoms with Crippen LogP contribution in [0.1, 0.15) is 30.0 Å². The number of guanidine groups is 1. The van der Waals surface area contributed by atoms with Gasteiger partial charge in [-0.3, -0.25) is 9.89 Å².